The average Bonchev–Trinajstić information content (AvgIpc) is 2.66. The molecule has 0 saturated carbocycles. The molecule has 0 amide bonds. The Hall–Kier alpha value is -1.95. The molecule has 1 aliphatic rings. The van der Waals surface area contributed by atoms with E-state index >= 15 is 0 Å². The van der Waals surface area contributed by atoms with Gasteiger partial charge in [-0.05, 0) is 29.3 Å². The van der Waals surface area contributed by atoms with Gasteiger partial charge in [0.25, 0.3) is 0 Å². The van der Waals surface area contributed by atoms with Gasteiger partial charge in [0.1, 0.15) is 0 Å². The number of nitrogens with zero attached hydrogens (tertiary/aromatic N) is 2. The second-order valence-electron chi connectivity index (χ2n) is 6.49. The van der Waals surface area contributed by atoms with Gasteiger partial charge in [-0.25, -0.2) is 0 Å². The number of aromatic hydroxyl groups is 1. The second kappa shape index (κ2) is 8.62. The fourth-order valence-electron chi connectivity index (χ4n) is 3.27. The average molecular weight is 377 g/mol. The molecule has 6 heteroatoms. The van der Waals surface area contributed by atoms with Crippen molar-refractivity contribution in [3.63, 3.8) is 0 Å². The molecular weight excluding hydrogens is 352 g/mol. The predicted octanol–water partition coefficient (Wildman–Crippen LogP) is 3.38. The molecule has 1 heterocycles. The van der Waals surface area contributed by atoms with E-state index < -0.39 is 0 Å². The molecule has 140 valence electrons. The van der Waals surface area contributed by atoms with Crippen LogP contribution in [0.4, 0.5) is 0 Å². The van der Waals surface area contributed by atoms with E-state index in [9.17, 15) is 5.11 Å². The van der Waals surface area contributed by atoms with Crippen LogP contribution >= 0.6 is 11.6 Å². The number of phenolic OH excluding ortho intramolecular Hbond substituents is 1. The van der Waals surface area contributed by atoms with Crippen LogP contribution in [0.1, 0.15) is 11.1 Å². The van der Waals surface area contributed by atoms with Crippen molar-refractivity contribution in [2.45, 2.75) is 13.1 Å². The van der Waals surface area contributed by atoms with E-state index in [1.54, 1.807) is 14.2 Å². The predicted molar refractivity (Wildman–Crippen MR) is 103 cm³/mol. The summed E-state index contributed by atoms with van der Waals surface area (Å²) >= 11 is 6.27. The van der Waals surface area contributed by atoms with E-state index in [-0.39, 0.29) is 5.75 Å². The second-order valence-corrected chi connectivity index (χ2v) is 6.90. The van der Waals surface area contributed by atoms with Crippen molar-refractivity contribution in [1.29, 1.82) is 0 Å². The maximum absolute atomic E-state index is 10.0. The lowest BCUT2D eigenvalue weighted by Gasteiger charge is -2.35. The highest BCUT2D eigenvalue weighted by atomic mass is 35.5. The quantitative estimate of drug-likeness (QED) is 0.837. The number of piperazine rings is 1. The molecule has 0 spiro atoms. The Kier molecular flexibility index (Phi) is 6.25. The lowest BCUT2D eigenvalue weighted by atomic mass is 10.1. The van der Waals surface area contributed by atoms with Gasteiger partial charge in [-0.1, -0.05) is 29.8 Å². The van der Waals surface area contributed by atoms with Crippen molar-refractivity contribution < 1.29 is 14.6 Å². The number of rotatable bonds is 6. The first-order valence-electron chi connectivity index (χ1n) is 8.72. The summed E-state index contributed by atoms with van der Waals surface area (Å²) in [6.07, 6.45) is 0. The van der Waals surface area contributed by atoms with Crippen LogP contribution in [-0.4, -0.2) is 55.3 Å². The Balaban J connectivity index is 1.58. The number of methoxy groups -OCH3 is 2. The molecule has 2 aromatic rings. The Morgan fingerprint density at radius 1 is 0.923 bits per heavy atom. The lowest BCUT2D eigenvalue weighted by molar-refractivity contribution is 0.122. The van der Waals surface area contributed by atoms with Crippen molar-refractivity contribution in [2.24, 2.45) is 0 Å². The fraction of sp³-hybridized carbons (Fsp3) is 0.400. The molecule has 26 heavy (non-hydrogen) atoms. The van der Waals surface area contributed by atoms with Crippen LogP contribution in [0.3, 0.4) is 0 Å². The largest absolute Gasteiger partial charge is 0.502 e. The topological polar surface area (TPSA) is 45.2 Å². The Labute approximate surface area is 159 Å². The van der Waals surface area contributed by atoms with Crippen LogP contribution in [0, 0.1) is 0 Å². The van der Waals surface area contributed by atoms with Gasteiger partial charge < -0.3 is 14.6 Å². The zero-order chi connectivity index (χ0) is 18.5. The van der Waals surface area contributed by atoms with Crippen molar-refractivity contribution in [3.05, 3.63) is 52.5 Å². The van der Waals surface area contributed by atoms with Gasteiger partial charge in [0.2, 0.25) is 5.75 Å². The summed E-state index contributed by atoms with van der Waals surface area (Å²) in [4.78, 5) is 4.82. The highest BCUT2D eigenvalue weighted by Crippen LogP contribution is 2.37. The molecule has 0 aliphatic carbocycles. The Morgan fingerprint density at radius 3 is 2.00 bits per heavy atom. The molecule has 1 aliphatic heterocycles. The summed E-state index contributed by atoms with van der Waals surface area (Å²) in [6.45, 7) is 5.64. The van der Waals surface area contributed by atoms with Crippen LogP contribution in [0.25, 0.3) is 0 Å². The molecule has 0 radical (unpaired) electrons. The van der Waals surface area contributed by atoms with E-state index in [1.165, 1.54) is 5.56 Å². The number of phenols is 1. The summed E-state index contributed by atoms with van der Waals surface area (Å²) in [6, 6.07) is 11.8. The minimum atomic E-state index is 0.0447. The monoisotopic (exact) mass is 376 g/mol. The number of benzene rings is 2. The van der Waals surface area contributed by atoms with Crippen molar-refractivity contribution >= 4 is 11.6 Å². The van der Waals surface area contributed by atoms with Crippen molar-refractivity contribution in [2.75, 3.05) is 40.4 Å². The molecule has 1 saturated heterocycles. The van der Waals surface area contributed by atoms with E-state index in [0.29, 0.717) is 11.5 Å². The Bertz CT molecular complexity index is 721. The molecule has 1 fully saturated rings. The van der Waals surface area contributed by atoms with E-state index in [0.717, 1.165) is 49.9 Å². The van der Waals surface area contributed by atoms with Crippen molar-refractivity contribution in [1.82, 2.24) is 9.80 Å². The summed E-state index contributed by atoms with van der Waals surface area (Å²) in [5.41, 5.74) is 2.24. The molecule has 0 unspecified atom stereocenters. The van der Waals surface area contributed by atoms with Gasteiger partial charge in [0, 0.05) is 44.3 Å². The lowest BCUT2D eigenvalue weighted by Crippen LogP contribution is -2.45. The van der Waals surface area contributed by atoms with Crippen molar-refractivity contribution in [3.8, 4) is 17.2 Å². The van der Waals surface area contributed by atoms with Crippen LogP contribution < -0.4 is 9.47 Å². The highest BCUT2D eigenvalue weighted by Gasteiger charge is 2.19. The van der Waals surface area contributed by atoms with Gasteiger partial charge in [-0.3, -0.25) is 9.80 Å². The Morgan fingerprint density at radius 2 is 1.46 bits per heavy atom. The molecular formula is C20H25ClN2O3. The van der Waals surface area contributed by atoms with Crippen LogP contribution in [0.5, 0.6) is 17.2 Å². The zero-order valence-corrected chi connectivity index (χ0v) is 16.0. The molecule has 1 N–H and O–H groups in total. The van der Waals surface area contributed by atoms with Crippen LogP contribution in [-0.2, 0) is 13.1 Å². The molecule has 2 aromatic carbocycles. The van der Waals surface area contributed by atoms with Crippen LogP contribution in [0.2, 0.25) is 5.02 Å². The van der Waals surface area contributed by atoms with E-state index in [2.05, 4.69) is 15.9 Å². The SMILES string of the molecule is COc1cc(CN2CCN(Cc3ccccc3Cl)CC2)cc(OC)c1O. The van der Waals surface area contributed by atoms with E-state index in [4.69, 9.17) is 21.1 Å². The van der Waals surface area contributed by atoms with Gasteiger partial charge >= 0.3 is 0 Å². The first-order chi connectivity index (χ1) is 12.6. The molecule has 0 aromatic heterocycles. The number of hydrogen-bond acceptors (Lipinski definition) is 5. The van der Waals surface area contributed by atoms with Gasteiger partial charge in [0.05, 0.1) is 14.2 Å². The van der Waals surface area contributed by atoms with E-state index in [1.807, 2.05) is 30.3 Å². The first-order valence-corrected chi connectivity index (χ1v) is 9.10. The normalized spacial score (nSPS) is 15.8. The third kappa shape index (κ3) is 4.41. The number of halogens is 1. The van der Waals surface area contributed by atoms with Gasteiger partial charge in [-0.15, -0.1) is 0 Å². The van der Waals surface area contributed by atoms with Crippen LogP contribution in [0.15, 0.2) is 36.4 Å². The number of hydrogen-bond donors (Lipinski definition) is 1. The standard InChI is InChI=1S/C20H25ClN2O3/c1-25-18-11-15(12-19(26-2)20(18)24)13-22-7-9-23(10-8-22)14-16-5-3-4-6-17(16)21/h3-6,11-12,24H,7-10,13-14H2,1-2H3. The zero-order valence-electron chi connectivity index (χ0n) is 15.2. The number of ether oxygens (including phenoxy) is 2. The maximum atomic E-state index is 10.0. The summed E-state index contributed by atoms with van der Waals surface area (Å²) in [7, 11) is 3.09. The minimum Gasteiger partial charge on any atom is -0.502 e. The third-order valence-electron chi connectivity index (χ3n) is 4.76. The minimum absolute atomic E-state index is 0.0447. The van der Waals surface area contributed by atoms with Gasteiger partial charge in [0.15, 0.2) is 11.5 Å². The third-order valence-corrected chi connectivity index (χ3v) is 5.13. The summed E-state index contributed by atoms with van der Waals surface area (Å²) in [5.74, 6) is 0.928. The van der Waals surface area contributed by atoms with Gasteiger partial charge in [-0.2, -0.15) is 0 Å². The molecule has 0 atom stereocenters. The smallest absolute Gasteiger partial charge is 0.200 e. The fourth-order valence-corrected chi connectivity index (χ4v) is 3.47. The summed E-state index contributed by atoms with van der Waals surface area (Å²) < 4.78 is 10.5. The molecule has 5 nitrogen and oxygen atoms in total. The molecule has 0 bridgehead atoms. The maximum Gasteiger partial charge on any atom is 0.200 e. The molecule has 3 rings (SSSR count). The first kappa shape index (κ1) is 18.8. The highest BCUT2D eigenvalue weighted by molar-refractivity contribution is 6.31. The summed E-state index contributed by atoms with van der Waals surface area (Å²) in [5, 5.41) is 10.9.